The van der Waals surface area contributed by atoms with Crippen molar-refractivity contribution in [3.63, 3.8) is 0 Å². The van der Waals surface area contributed by atoms with E-state index >= 15 is 0 Å². The lowest BCUT2D eigenvalue weighted by molar-refractivity contribution is -0.312. The van der Waals surface area contributed by atoms with Crippen molar-refractivity contribution in [2.24, 2.45) is 16.6 Å². The summed E-state index contributed by atoms with van der Waals surface area (Å²) in [4.78, 5) is 12.2. The van der Waals surface area contributed by atoms with Gasteiger partial charge in [-0.3, -0.25) is 4.79 Å². The van der Waals surface area contributed by atoms with Gasteiger partial charge in [0, 0.05) is 12.8 Å². The van der Waals surface area contributed by atoms with Crippen molar-refractivity contribution in [2.75, 3.05) is 0 Å². The molecule has 0 saturated heterocycles. The number of nitrogens with two attached hydrogens (primary N) is 1. The van der Waals surface area contributed by atoms with Gasteiger partial charge in [-0.05, 0) is 5.41 Å². The second kappa shape index (κ2) is 4.91. The Labute approximate surface area is 132 Å². The number of carbonyl (C=O) groups excluding carboxylic acids is 1. The van der Waals surface area contributed by atoms with Crippen LogP contribution in [-0.4, -0.2) is 18.1 Å². The molecule has 0 aromatic carbocycles. The molecule has 0 amide bonds. The Balaban J connectivity index is 2.95. The number of Topliss-reactive ketones (excluding diaryl/α,β-unsaturated/α-hetero) is 1. The third kappa shape index (κ3) is 2.25. The first-order chi connectivity index (χ1) is 10.7. The number of carbonyl (C=O) groups is 1. The molecule has 0 spiro atoms. The van der Waals surface area contributed by atoms with Gasteiger partial charge in [0.25, 0.3) is 0 Å². The van der Waals surface area contributed by atoms with E-state index in [2.05, 4.69) is 0 Å². The van der Waals surface area contributed by atoms with E-state index in [1.54, 1.807) is 0 Å². The summed E-state index contributed by atoms with van der Waals surface area (Å²) in [7, 11) is 0. The van der Waals surface area contributed by atoms with Crippen molar-refractivity contribution in [1.82, 2.24) is 0 Å². The lowest BCUT2D eigenvalue weighted by Crippen LogP contribution is -2.57. The molecule has 0 aromatic heterocycles. The van der Waals surface area contributed by atoms with Gasteiger partial charge in [0.05, 0.1) is 5.57 Å². The number of hydrogen-bond donors (Lipinski definition) is 1. The highest BCUT2D eigenvalue weighted by Crippen LogP contribution is 2.64. The van der Waals surface area contributed by atoms with Crippen LogP contribution in [0.4, 0.5) is 26.3 Å². The van der Waals surface area contributed by atoms with Crippen molar-refractivity contribution in [1.29, 1.82) is 5.26 Å². The number of nitriles is 1. The maximum absolute atomic E-state index is 13.6. The summed E-state index contributed by atoms with van der Waals surface area (Å²) >= 11 is 0. The highest BCUT2D eigenvalue weighted by atomic mass is 19.4. The molecule has 0 saturated carbocycles. The molecule has 1 aliphatic carbocycles. The van der Waals surface area contributed by atoms with Crippen molar-refractivity contribution >= 4 is 5.78 Å². The van der Waals surface area contributed by atoms with Crippen LogP contribution in [0.15, 0.2) is 22.8 Å². The Kier molecular flexibility index (Phi) is 3.71. The minimum atomic E-state index is -6.00. The van der Waals surface area contributed by atoms with Gasteiger partial charge in [-0.25, -0.2) is 0 Å². The van der Waals surface area contributed by atoms with Crippen molar-refractivity contribution in [3.05, 3.63) is 22.8 Å². The van der Waals surface area contributed by atoms with Crippen LogP contribution in [0, 0.1) is 22.2 Å². The third-order valence-electron chi connectivity index (χ3n) is 4.03. The van der Waals surface area contributed by atoms with Gasteiger partial charge >= 0.3 is 12.4 Å². The third-order valence-corrected chi connectivity index (χ3v) is 4.03. The maximum atomic E-state index is 13.6. The smallest absolute Gasteiger partial charge is 0.412 e. The van der Waals surface area contributed by atoms with Crippen molar-refractivity contribution < 1.29 is 35.9 Å². The quantitative estimate of drug-likeness (QED) is 0.676. The summed E-state index contributed by atoms with van der Waals surface area (Å²) in [6.07, 6.45) is -12.9. The van der Waals surface area contributed by atoms with E-state index in [1.165, 1.54) is 13.8 Å². The van der Waals surface area contributed by atoms with E-state index in [0.29, 0.717) is 0 Å². The lowest BCUT2D eigenvalue weighted by atomic mass is 9.63. The van der Waals surface area contributed by atoms with E-state index in [4.69, 9.17) is 15.7 Å². The molecule has 0 atom stereocenters. The van der Waals surface area contributed by atoms with E-state index in [0.717, 1.165) is 6.07 Å². The summed E-state index contributed by atoms with van der Waals surface area (Å²) in [5.74, 6) is -3.45. The fraction of sp³-hybridized carbons (Fsp3) is 0.571. The molecule has 132 valence electrons. The zero-order valence-corrected chi connectivity index (χ0v) is 12.5. The summed E-state index contributed by atoms with van der Waals surface area (Å²) in [5.41, 5.74) is -3.94. The zero-order valence-electron chi connectivity index (χ0n) is 12.5. The van der Waals surface area contributed by atoms with Crippen LogP contribution in [0.1, 0.15) is 26.7 Å². The molecule has 1 heterocycles. The molecule has 0 unspecified atom stereocenters. The predicted molar refractivity (Wildman–Crippen MR) is 67.5 cm³/mol. The van der Waals surface area contributed by atoms with E-state index in [-0.39, 0.29) is 6.42 Å². The Morgan fingerprint density at radius 1 is 1.12 bits per heavy atom. The standard InChI is InChI=1S/C14H12F6N2O2/c1-11(2)3-7(23)9-8(4-11)24-10(22)6(5-21)12(9,13(15,16)17)14(18,19)20/h3-4,22H2,1-2H3. The average Bonchev–Trinajstić information content (AvgIpc) is 2.32. The molecule has 0 fully saturated rings. The summed E-state index contributed by atoms with van der Waals surface area (Å²) in [6, 6.07) is 0.835. The number of allylic oxidation sites excluding steroid dienone is 3. The number of alkyl halides is 6. The molecule has 24 heavy (non-hydrogen) atoms. The Bertz CT molecular complexity index is 692. The van der Waals surface area contributed by atoms with Gasteiger partial charge in [-0.2, -0.15) is 31.6 Å². The monoisotopic (exact) mass is 354 g/mol. The summed E-state index contributed by atoms with van der Waals surface area (Å²) in [5, 5.41) is 8.90. The number of rotatable bonds is 0. The first-order valence-electron chi connectivity index (χ1n) is 6.67. The van der Waals surface area contributed by atoms with Gasteiger partial charge in [0.15, 0.2) is 5.78 Å². The van der Waals surface area contributed by atoms with Crippen LogP contribution >= 0.6 is 0 Å². The normalized spacial score (nSPS) is 23.5. The van der Waals surface area contributed by atoms with E-state index < -0.39 is 58.2 Å². The van der Waals surface area contributed by atoms with Crippen LogP contribution in [-0.2, 0) is 9.53 Å². The van der Waals surface area contributed by atoms with Crippen LogP contribution in [0.2, 0.25) is 0 Å². The van der Waals surface area contributed by atoms with Crippen LogP contribution in [0.5, 0.6) is 0 Å². The number of ketones is 1. The van der Waals surface area contributed by atoms with Crippen LogP contribution in [0.25, 0.3) is 0 Å². The molecule has 0 aromatic rings. The summed E-state index contributed by atoms with van der Waals surface area (Å²) in [6.45, 7) is 3.00. The molecule has 0 bridgehead atoms. The van der Waals surface area contributed by atoms with Crippen molar-refractivity contribution in [2.45, 2.75) is 39.0 Å². The first kappa shape index (κ1) is 18.2. The Morgan fingerprint density at radius 2 is 1.62 bits per heavy atom. The lowest BCUT2D eigenvalue weighted by Gasteiger charge is -2.45. The topological polar surface area (TPSA) is 76.1 Å². The SMILES string of the molecule is CC1(C)CC(=O)C2=C(C1)OC(N)=C(C#N)C2(C(F)(F)F)C(F)(F)F. The first-order valence-corrected chi connectivity index (χ1v) is 6.67. The van der Waals surface area contributed by atoms with Crippen LogP contribution < -0.4 is 5.73 Å². The van der Waals surface area contributed by atoms with Gasteiger partial charge in [-0.15, -0.1) is 0 Å². The zero-order chi connectivity index (χ0) is 18.7. The van der Waals surface area contributed by atoms with Gasteiger partial charge < -0.3 is 10.5 Å². The molecular weight excluding hydrogens is 342 g/mol. The van der Waals surface area contributed by atoms with Crippen LogP contribution in [0.3, 0.4) is 0 Å². The molecule has 0 radical (unpaired) electrons. The summed E-state index contributed by atoms with van der Waals surface area (Å²) < 4.78 is 86.7. The Morgan fingerprint density at radius 3 is 2.04 bits per heavy atom. The number of hydrogen-bond acceptors (Lipinski definition) is 4. The fourth-order valence-electron chi connectivity index (χ4n) is 3.13. The molecule has 2 N–H and O–H groups in total. The Hall–Kier alpha value is -2.18. The highest BCUT2D eigenvalue weighted by molar-refractivity contribution is 6.00. The molecule has 2 rings (SSSR count). The molecular formula is C14H12F6N2O2. The molecule has 1 aliphatic heterocycles. The fourth-order valence-corrected chi connectivity index (χ4v) is 3.13. The molecule has 10 heteroatoms. The predicted octanol–water partition coefficient (Wildman–Crippen LogP) is 3.46. The van der Waals surface area contributed by atoms with Gasteiger partial charge in [0.1, 0.15) is 17.4 Å². The minimum absolute atomic E-state index is 0.346. The number of ether oxygens (including phenoxy) is 1. The maximum Gasteiger partial charge on any atom is 0.412 e. The van der Waals surface area contributed by atoms with E-state index in [9.17, 15) is 31.1 Å². The highest BCUT2D eigenvalue weighted by Gasteiger charge is 2.78. The second-order valence-corrected chi connectivity index (χ2v) is 6.44. The van der Waals surface area contributed by atoms with Gasteiger partial charge in [-0.1, -0.05) is 13.8 Å². The number of nitrogens with zero attached hydrogens (tertiary/aromatic N) is 1. The molecule has 2 aliphatic rings. The van der Waals surface area contributed by atoms with Crippen molar-refractivity contribution in [3.8, 4) is 6.07 Å². The van der Waals surface area contributed by atoms with Gasteiger partial charge in [0.2, 0.25) is 11.3 Å². The number of halogens is 6. The minimum Gasteiger partial charge on any atom is -0.444 e. The van der Waals surface area contributed by atoms with E-state index in [1.807, 2.05) is 0 Å². The molecule has 4 nitrogen and oxygen atoms in total. The second-order valence-electron chi connectivity index (χ2n) is 6.44. The average molecular weight is 354 g/mol. The largest absolute Gasteiger partial charge is 0.444 e.